The van der Waals surface area contributed by atoms with Crippen molar-refractivity contribution in [1.29, 1.82) is 0 Å². The van der Waals surface area contributed by atoms with Gasteiger partial charge >= 0.3 is 0 Å². The van der Waals surface area contributed by atoms with Crippen LogP contribution in [0.3, 0.4) is 0 Å². The predicted octanol–water partition coefficient (Wildman–Crippen LogP) is 8.85. The van der Waals surface area contributed by atoms with E-state index in [1.807, 2.05) is 95.0 Å². The third-order valence-corrected chi connectivity index (χ3v) is 14.3. The monoisotopic (exact) mass is 987 g/mol. The Balaban J connectivity index is 0.829. The summed E-state index contributed by atoms with van der Waals surface area (Å²) in [6.45, 7) is 14.9. The van der Waals surface area contributed by atoms with Gasteiger partial charge in [0.25, 0.3) is 0 Å². The fourth-order valence-corrected chi connectivity index (χ4v) is 10.7. The lowest BCUT2D eigenvalue weighted by Crippen LogP contribution is -2.58. The van der Waals surface area contributed by atoms with Crippen LogP contribution in [0.15, 0.2) is 71.7 Å². The van der Waals surface area contributed by atoms with Crippen molar-refractivity contribution in [3.05, 3.63) is 111 Å². The molecule has 16 heteroatoms. The Kier molecular flexibility index (Phi) is 17.0. The van der Waals surface area contributed by atoms with Crippen LogP contribution in [0.2, 0.25) is 0 Å². The van der Waals surface area contributed by atoms with E-state index in [0.29, 0.717) is 38.9 Å². The Hall–Kier alpha value is -5.13. The van der Waals surface area contributed by atoms with E-state index < -0.39 is 64.7 Å². The van der Waals surface area contributed by atoms with Crippen LogP contribution in [-0.2, 0) is 30.3 Å². The first-order chi connectivity index (χ1) is 33.2. The topological polar surface area (TPSA) is 143 Å². The van der Waals surface area contributed by atoms with Crippen molar-refractivity contribution < 1.29 is 46.9 Å². The third-order valence-electron chi connectivity index (χ3n) is 13.3. The molecule has 12 nitrogen and oxygen atoms in total. The first-order valence-corrected chi connectivity index (χ1v) is 25.2. The van der Waals surface area contributed by atoms with Crippen molar-refractivity contribution in [3.63, 3.8) is 0 Å². The molecule has 378 valence electrons. The SMILES string of the molecule is Cc1ncsc1-c1ccc([C@H](C)NC(=O)C2C[C@@H](O)CN2C(=O)[C@@H](NC(=O)COCCCOCCCOc2cc(F)c([C@@H]3C4=C(C[C@@H](C)N3CC(C)(C)F)c3ccccc3C4)c(F)c2)C(C)(C)C)cc1. The number of ether oxygens (including phenoxy) is 3. The lowest BCUT2D eigenvalue weighted by Gasteiger charge is -2.44. The number of aryl methyl sites for hydroxylation is 1. The number of β-amino-alcohol motifs (C(OH)–C–C–N with tert-alkyl or cyclic N) is 1. The molecule has 1 aliphatic carbocycles. The van der Waals surface area contributed by atoms with Gasteiger partial charge in [0.2, 0.25) is 17.7 Å². The highest BCUT2D eigenvalue weighted by molar-refractivity contribution is 7.13. The van der Waals surface area contributed by atoms with Crippen molar-refractivity contribution in [1.82, 2.24) is 25.4 Å². The molecule has 1 aromatic heterocycles. The van der Waals surface area contributed by atoms with Gasteiger partial charge in [-0.3, -0.25) is 19.3 Å². The largest absolute Gasteiger partial charge is 0.493 e. The average Bonchev–Trinajstić information content (AvgIpc) is 4.02. The quantitative estimate of drug-likeness (QED) is 0.0741. The van der Waals surface area contributed by atoms with Crippen molar-refractivity contribution in [2.45, 2.75) is 129 Å². The Morgan fingerprint density at radius 1 is 0.943 bits per heavy atom. The molecule has 0 bridgehead atoms. The number of thiazole rings is 1. The maximum Gasteiger partial charge on any atom is 0.246 e. The number of rotatable bonds is 20. The number of carbonyl (C=O) groups is 3. The van der Waals surface area contributed by atoms with Crippen LogP contribution in [0.4, 0.5) is 13.2 Å². The summed E-state index contributed by atoms with van der Waals surface area (Å²) >= 11 is 1.56. The summed E-state index contributed by atoms with van der Waals surface area (Å²) in [6.07, 6.45) is 1.31. The summed E-state index contributed by atoms with van der Waals surface area (Å²) < 4.78 is 64.4. The minimum atomic E-state index is -1.58. The van der Waals surface area contributed by atoms with Gasteiger partial charge in [0, 0.05) is 69.5 Å². The summed E-state index contributed by atoms with van der Waals surface area (Å²) in [5.41, 5.74) is 6.47. The van der Waals surface area contributed by atoms with Gasteiger partial charge in [0.15, 0.2) is 0 Å². The first-order valence-electron chi connectivity index (χ1n) is 24.3. The molecule has 0 saturated carbocycles. The zero-order chi connectivity index (χ0) is 50.5. The standard InChI is InChI=1S/C54H68F3N5O7S/c1-32-23-41-40-14-10-9-13-37(40)24-42(41)48(62(32)30-54(7,8)57)47-43(55)26-39(27-44(47)56)69-22-12-20-67-19-11-21-68-29-46(64)60-50(53(4,5)6)52(66)61-28-38(63)25-45(61)51(65)59-33(2)35-15-17-36(18-16-35)49-34(3)58-31-70-49/h9-10,13-18,26-27,31-33,38,45,48,50,63H,11-12,19-25,28-30H2,1-8H3,(H,59,65)(H,60,64)/t32-,33+,38-,45?,48+,50-/m1/s1. The maximum absolute atomic E-state index is 16.1. The number of benzene rings is 3. The third kappa shape index (κ3) is 12.7. The van der Waals surface area contributed by atoms with E-state index in [-0.39, 0.29) is 62.7 Å². The number of carbonyl (C=O) groups excluding carboxylic acids is 3. The Morgan fingerprint density at radius 3 is 2.27 bits per heavy atom. The van der Waals surface area contributed by atoms with Gasteiger partial charge in [-0.15, -0.1) is 11.3 Å². The smallest absolute Gasteiger partial charge is 0.246 e. The van der Waals surface area contributed by atoms with Crippen LogP contribution < -0.4 is 15.4 Å². The predicted molar refractivity (Wildman–Crippen MR) is 265 cm³/mol. The highest BCUT2D eigenvalue weighted by Crippen LogP contribution is 2.50. The normalized spacial score (nSPS) is 20.3. The minimum absolute atomic E-state index is 0.0216. The number of hydrogen-bond acceptors (Lipinski definition) is 10. The number of halogens is 3. The highest BCUT2D eigenvalue weighted by atomic mass is 32.1. The summed E-state index contributed by atoms with van der Waals surface area (Å²) in [7, 11) is 0. The second-order valence-electron chi connectivity index (χ2n) is 20.6. The number of likely N-dealkylation sites (tertiary alicyclic amines) is 1. The molecule has 3 aliphatic rings. The van der Waals surface area contributed by atoms with E-state index >= 15 is 13.2 Å². The molecule has 1 saturated heterocycles. The molecule has 4 aromatic rings. The Morgan fingerprint density at radius 2 is 1.61 bits per heavy atom. The molecule has 70 heavy (non-hydrogen) atoms. The van der Waals surface area contributed by atoms with Crippen molar-refractivity contribution in [2.24, 2.45) is 5.41 Å². The number of nitrogens with one attached hydrogen (secondary N) is 2. The fraction of sp³-hybridized carbons (Fsp3) is 0.519. The number of alkyl halides is 1. The number of hydrogen-bond donors (Lipinski definition) is 3. The molecule has 6 atom stereocenters. The molecule has 1 unspecified atom stereocenters. The van der Waals surface area contributed by atoms with Crippen LogP contribution >= 0.6 is 11.3 Å². The van der Waals surface area contributed by atoms with E-state index in [0.717, 1.165) is 44.0 Å². The van der Waals surface area contributed by atoms with Gasteiger partial charge in [0.1, 0.15) is 41.7 Å². The van der Waals surface area contributed by atoms with Gasteiger partial charge in [0.05, 0.1) is 40.9 Å². The molecule has 2 aliphatic heterocycles. The van der Waals surface area contributed by atoms with E-state index in [4.69, 9.17) is 14.2 Å². The second-order valence-corrected chi connectivity index (χ2v) is 21.4. The zero-order valence-corrected chi connectivity index (χ0v) is 42.4. The Bertz CT molecular complexity index is 2500. The summed E-state index contributed by atoms with van der Waals surface area (Å²) in [5, 5.41) is 16.4. The molecule has 0 spiro atoms. The maximum atomic E-state index is 16.1. The number of aliphatic hydroxyl groups is 1. The van der Waals surface area contributed by atoms with Crippen molar-refractivity contribution in [2.75, 3.05) is 46.1 Å². The number of aromatic nitrogens is 1. The second kappa shape index (κ2) is 22.5. The molecule has 0 radical (unpaired) electrons. The molecule has 3 N–H and O–H groups in total. The van der Waals surface area contributed by atoms with E-state index in [1.165, 1.54) is 30.9 Å². The highest BCUT2D eigenvalue weighted by Gasteiger charge is 2.46. The van der Waals surface area contributed by atoms with Gasteiger partial charge in [-0.2, -0.15) is 0 Å². The molecule has 3 aromatic carbocycles. The van der Waals surface area contributed by atoms with Crippen LogP contribution in [0.5, 0.6) is 5.75 Å². The van der Waals surface area contributed by atoms with Gasteiger partial charge in [-0.25, -0.2) is 18.2 Å². The average molecular weight is 988 g/mol. The number of nitrogens with zero attached hydrogens (tertiary/aromatic N) is 3. The molecule has 7 rings (SSSR count). The lowest BCUT2D eigenvalue weighted by molar-refractivity contribution is -0.144. The van der Waals surface area contributed by atoms with Gasteiger partial charge in [-0.05, 0) is 92.7 Å². The lowest BCUT2D eigenvalue weighted by atomic mass is 9.84. The fourth-order valence-electron chi connectivity index (χ4n) is 9.85. The van der Waals surface area contributed by atoms with E-state index in [2.05, 4.69) is 15.6 Å². The molecule has 3 heterocycles. The molecule has 3 amide bonds. The van der Waals surface area contributed by atoms with Crippen molar-refractivity contribution >= 4 is 34.6 Å². The number of aliphatic hydroxyl groups excluding tert-OH is 1. The minimum Gasteiger partial charge on any atom is -0.493 e. The van der Waals surface area contributed by atoms with Crippen LogP contribution in [0.25, 0.3) is 16.0 Å². The Labute approximate surface area is 414 Å². The number of fused-ring (bicyclic) bond motifs is 2. The van der Waals surface area contributed by atoms with Crippen molar-refractivity contribution in [3.8, 4) is 16.2 Å². The molecular weight excluding hydrogens is 920 g/mol. The molecular formula is C54H68F3N5O7S. The summed E-state index contributed by atoms with van der Waals surface area (Å²) in [4.78, 5) is 49.4. The number of amides is 3. The van der Waals surface area contributed by atoms with Gasteiger partial charge in [-0.1, -0.05) is 69.3 Å². The summed E-state index contributed by atoms with van der Waals surface area (Å²) in [5.74, 6) is -2.78. The summed E-state index contributed by atoms with van der Waals surface area (Å²) in [6, 6.07) is 15.1. The molecule has 1 fully saturated rings. The van der Waals surface area contributed by atoms with E-state index in [9.17, 15) is 19.5 Å². The van der Waals surface area contributed by atoms with Crippen LogP contribution in [0, 0.1) is 24.0 Å². The zero-order valence-electron chi connectivity index (χ0n) is 41.6. The van der Waals surface area contributed by atoms with E-state index in [1.54, 1.807) is 16.8 Å². The van der Waals surface area contributed by atoms with Gasteiger partial charge < -0.3 is 34.9 Å². The van der Waals surface area contributed by atoms with Crippen LogP contribution in [0.1, 0.15) is 114 Å². The van der Waals surface area contributed by atoms with Crippen LogP contribution in [-0.4, -0.2) is 114 Å². The first kappa shape index (κ1) is 52.7.